The first-order chi connectivity index (χ1) is 8.31. The summed E-state index contributed by atoms with van der Waals surface area (Å²) in [5.41, 5.74) is 2.04. The Morgan fingerprint density at radius 3 is 2.17 bits per heavy atom. The minimum atomic E-state index is -1.70. The van der Waals surface area contributed by atoms with Crippen LogP contribution in [0.2, 0.25) is 0 Å². The van der Waals surface area contributed by atoms with Crippen molar-refractivity contribution in [1.29, 1.82) is 0 Å². The Morgan fingerprint density at radius 1 is 0.944 bits per heavy atom. The molecule has 0 amide bonds. The molecule has 18 heavy (non-hydrogen) atoms. The van der Waals surface area contributed by atoms with Crippen molar-refractivity contribution >= 4 is 21.1 Å². The Hall–Kier alpha value is -1.48. The van der Waals surface area contributed by atoms with E-state index in [9.17, 15) is 0 Å². The molecule has 1 N–H and O–H groups in total. The van der Waals surface area contributed by atoms with E-state index in [1.807, 2.05) is 36.5 Å². The van der Waals surface area contributed by atoms with Crippen LogP contribution >= 0.6 is 9.16 Å². The molecule has 0 saturated carbocycles. The molecular formula is C15H22N2S. The molecule has 2 aromatic rings. The van der Waals surface area contributed by atoms with E-state index in [-0.39, 0.29) is 0 Å². The van der Waals surface area contributed by atoms with Gasteiger partial charge >= 0.3 is 0 Å². The van der Waals surface area contributed by atoms with E-state index < -0.39 is 9.16 Å². The van der Waals surface area contributed by atoms with Crippen LogP contribution in [0.25, 0.3) is 0 Å². The van der Waals surface area contributed by atoms with E-state index in [0.717, 1.165) is 11.4 Å². The van der Waals surface area contributed by atoms with Crippen LogP contribution in [0.1, 0.15) is 5.69 Å². The number of nitrogens with zero attached hydrogens (tertiary/aromatic N) is 1. The van der Waals surface area contributed by atoms with Gasteiger partial charge in [-0.25, -0.2) is 0 Å². The van der Waals surface area contributed by atoms with Gasteiger partial charge < -0.3 is 4.98 Å². The van der Waals surface area contributed by atoms with Gasteiger partial charge in [-0.05, 0) is 49.3 Å². The van der Waals surface area contributed by atoms with Crippen LogP contribution in [0.5, 0.6) is 0 Å². The number of thiol groups is 1. The van der Waals surface area contributed by atoms with Gasteiger partial charge in [0, 0.05) is 5.03 Å². The summed E-state index contributed by atoms with van der Waals surface area (Å²) in [7, 11) is -1.70. The first-order valence-corrected chi connectivity index (χ1v) is 10.1. The fraction of sp³-hybridized carbons (Fsp3) is 0.267. The lowest BCUT2D eigenvalue weighted by Gasteiger charge is -2.46. The molecule has 0 spiro atoms. The zero-order valence-corrected chi connectivity index (χ0v) is 12.4. The largest absolute Gasteiger partial charge is 0.351 e. The van der Waals surface area contributed by atoms with E-state index in [1.165, 1.54) is 5.03 Å². The SMILES string of the molecule is C[SH](C)(C)(C)c1ccc(/C=N/c2ccccc2)[nH]1. The van der Waals surface area contributed by atoms with Crippen LogP contribution in [0, 0.1) is 0 Å². The second kappa shape index (κ2) is 4.32. The molecule has 0 bridgehead atoms. The number of aliphatic imine (C=N–C) groups is 1. The third kappa shape index (κ3) is 3.26. The number of rotatable bonds is 3. The van der Waals surface area contributed by atoms with Crippen LogP contribution in [0.3, 0.4) is 0 Å². The van der Waals surface area contributed by atoms with Gasteiger partial charge in [0.25, 0.3) is 0 Å². The summed E-state index contributed by atoms with van der Waals surface area (Å²) in [6, 6.07) is 14.3. The average Bonchev–Trinajstić information content (AvgIpc) is 2.75. The number of hydrogen-bond donors (Lipinski definition) is 2. The van der Waals surface area contributed by atoms with Gasteiger partial charge in [-0.15, -0.1) is 0 Å². The summed E-state index contributed by atoms with van der Waals surface area (Å²) >= 11 is 0. The van der Waals surface area contributed by atoms with E-state index in [2.05, 4.69) is 47.1 Å². The second-order valence-electron chi connectivity index (χ2n) is 6.47. The quantitative estimate of drug-likeness (QED) is 0.623. The highest BCUT2D eigenvalue weighted by Crippen LogP contribution is 2.62. The Labute approximate surface area is 109 Å². The van der Waals surface area contributed by atoms with Crippen molar-refractivity contribution in [2.75, 3.05) is 25.0 Å². The zero-order chi connectivity index (χ0) is 13.3. The van der Waals surface area contributed by atoms with Crippen LogP contribution in [0.4, 0.5) is 5.69 Å². The minimum Gasteiger partial charge on any atom is -0.351 e. The highest BCUT2D eigenvalue weighted by molar-refractivity contribution is 8.47. The van der Waals surface area contributed by atoms with Crippen molar-refractivity contribution < 1.29 is 0 Å². The number of hydrogen-bond acceptors (Lipinski definition) is 1. The van der Waals surface area contributed by atoms with Gasteiger partial charge in [0.05, 0.1) is 17.6 Å². The predicted molar refractivity (Wildman–Crippen MR) is 85.4 cm³/mol. The van der Waals surface area contributed by atoms with E-state index in [1.54, 1.807) is 0 Å². The Morgan fingerprint density at radius 2 is 1.61 bits per heavy atom. The lowest BCUT2D eigenvalue weighted by Crippen LogP contribution is -2.11. The van der Waals surface area contributed by atoms with Crippen molar-refractivity contribution in [3.63, 3.8) is 0 Å². The predicted octanol–water partition coefficient (Wildman–Crippen LogP) is 3.72. The summed E-state index contributed by atoms with van der Waals surface area (Å²) in [6.45, 7) is 0. The van der Waals surface area contributed by atoms with Crippen molar-refractivity contribution in [3.05, 3.63) is 48.2 Å². The number of aromatic amines is 1. The molecule has 0 aliphatic rings. The smallest absolute Gasteiger partial charge is 0.0630 e. The summed E-state index contributed by atoms with van der Waals surface area (Å²) in [5, 5.41) is 1.34. The van der Waals surface area contributed by atoms with Gasteiger partial charge in [-0.3, -0.25) is 14.2 Å². The van der Waals surface area contributed by atoms with Gasteiger partial charge in [-0.2, -0.15) is 0 Å². The Kier molecular flexibility index (Phi) is 3.11. The molecule has 0 saturated heterocycles. The van der Waals surface area contributed by atoms with E-state index >= 15 is 0 Å². The monoisotopic (exact) mass is 262 g/mol. The second-order valence-corrected chi connectivity index (χ2v) is 14.1. The topological polar surface area (TPSA) is 28.1 Å². The van der Waals surface area contributed by atoms with Gasteiger partial charge in [0.1, 0.15) is 0 Å². The normalized spacial score (nSPS) is 14.6. The fourth-order valence-electron chi connectivity index (χ4n) is 1.66. The standard InChI is InChI=1S/C15H22N2S/c1-18(2,3,4)15-11-10-14(17-15)12-16-13-8-6-5-7-9-13/h5-12,17-18H,1-4H3/b16-12+. The first-order valence-electron chi connectivity index (χ1n) is 6.10. The van der Waals surface area contributed by atoms with Crippen molar-refractivity contribution in [3.8, 4) is 0 Å². The van der Waals surface area contributed by atoms with Gasteiger partial charge in [0.2, 0.25) is 0 Å². The van der Waals surface area contributed by atoms with E-state index in [4.69, 9.17) is 0 Å². The molecule has 2 nitrogen and oxygen atoms in total. The molecule has 0 atom stereocenters. The molecule has 1 heterocycles. The molecule has 1 aromatic heterocycles. The molecule has 2 rings (SSSR count). The highest BCUT2D eigenvalue weighted by atomic mass is 32.3. The maximum atomic E-state index is 4.45. The van der Waals surface area contributed by atoms with Crippen molar-refractivity contribution in [2.45, 2.75) is 5.03 Å². The lowest BCUT2D eigenvalue weighted by molar-refractivity contribution is 1.17. The molecule has 0 radical (unpaired) electrons. The molecule has 0 aliphatic heterocycles. The first kappa shape index (κ1) is 13.0. The van der Waals surface area contributed by atoms with E-state index in [0.29, 0.717) is 0 Å². The maximum Gasteiger partial charge on any atom is 0.0630 e. The third-order valence-electron chi connectivity index (χ3n) is 2.77. The molecule has 1 aromatic carbocycles. The number of nitrogens with one attached hydrogen (secondary N) is 1. The molecule has 0 unspecified atom stereocenters. The Bertz CT molecular complexity index is 550. The lowest BCUT2D eigenvalue weighted by atomic mass is 10.3. The summed E-state index contributed by atoms with van der Waals surface area (Å²) in [5.74, 6) is 0. The summed E-state index contributed by atoms with van der Waals surface area (Å²) < 4.78 is 0. The Balaban J connectivity index is 2.20. The maximum absolute atomic E-state index is 4.45. The van der Waals surface area contributed by atoms with Crippen LogP contribution in [-0.2, 0) is 0 Å². The fourth-order valence-corrected chi connectivity index (χ4v) is 2.90. The number of para-hydroxylation sites is 1. The van der Waals surface area contributed by atoms with Crippen LogP contribution < -0.4 is 0 Å². The summed E-state index contributed by atoms with van der Waals surface area (Å²) in [6.07, 6.45) is 11.3. The molecular weight excluding hydrogens is 240 g/mol. The summed E-state index contributed by atoms with van der Waals surface area (Å²) in [4.78, 5) is 7.93. The zero-order valence-electron chi connectivity index (χ0n) is 11.5. The number of H-pyrrole nitrogens is 1. The number of aromatic nitrogens is 1. The minimum absolute atomic E-state index is 0.979. The van der Waals surface area contributed by atoms with Crippen LogP contribution in [0.15, 0.2) is 52.5 Å². The molecule has 3 heteroatoms. The molecule has 0 aliphatic carbocycles. The van der Waals surface area contributed by atoms with Gasteiger partial charge in [0.15, 0.2) is 0 Å². The van der Waals surface area contributed by atoms with Crippen molar-refractivity contribution in [1.82, 2.24) is 4.98 Å². The van der Waals surface area contributed by atoms with Crippen LogP contribution in [-0.4, -0.2) is 36.2 Å². The highest BCUT2D eigenvalue weighted by Gasteiger charge is 2.22. The third-order valence-corrected chi connectivity index (χ3v) is 4.95. The van der Waals surface area contributed by atoms with Crippen molar-refractivity contribution in [2.24, 2.45) is 4.99 Å². The number of benzene rings is 1. The molecule has 0 fully saturated rings. The van der Waals surface area contributed by atoms with Gasteiger partial charge in [-0.1, -0.05) is 18.2 Å². The molecule has 98 valence electrons. The average molecular weight is 262 g/mol.